The Balaban J connectivity index is 1.58. The first-order valence-corrected chi connectivity index (χ1v) is 15.8. The van der Waals surface area contributed by atoms with Crippen LogP contribution in [0.2, 0.25) is 0 Å². The van der Waals surface area contributed by atoms with Crippen LogP contribution in [0.5, 0.6) is 11.5 Å². The van der Waals surface area contributed by atoms with Crippen molar-refractivity contribution in [3.05, 3.63) is 124 Å². The van der Waals surface area contributed by atoms with E-state index in [4.69, 9.17) is 19.2 Å². The van der Waals surface area contributed by atoms with Gasteiger partial charge in [-0.15, -0.1) is 0 Å². The van der Waals surface area contributed by atoms with Crippen molar-refractivity contribution in [2.75, 3.05) is 13.7 Å². The quantitative estimate of drug-likeness (QED) is 0.198. The summed E-state index contributed by atoms with van der Waals surface area (Å²) in [6.45, 7) is 4.22. The van der Waals surface area contributed by atoms with Gasteiger partial charge < -0.3 is 14.2 Å². The Bertz CT molecular complexity index is 1970. The molecule has 1 aliphatic heterocycles. The van der Waals surface area contributed by atoms with Crippen molar-refractivity contribution in [1.82, 2.24) is 4.57 Å². The highest BCUT2D eigenvalue weighted by Crippen LogP contribution is 2.37. The number of allylic oxidation sites excluding steroid dienone is 1. The Morgan fingerprint density at radius 3 is 2.61 bits per heavy atom. The molecule has 0 aliphatic carbocycles. The molecule has 0 amide bonds. The third kappa shape index (κ3) is 6.25. The van der Waals surface area contributed by atoms with Crippen LogP contribution in [0.25, 0.3) is 6.08 Å². The summed E-state index contributed by atoms with van der Waals surface area (Å²) in [5.74, 6) is 0.668. The molecule has 0 saturated heterocycles. The van der Waals surface area contributed by atoms with E-state index in [9.17, 15) is 14.9 Å². The van der Waals surface area contributed by atoms with E-state index >= 15 is 0 Å². The third-order valence-electron chi connectivity index (χ3n) is 7.10. The van der Waals surface area contributed by atoms with Gasteiger partial charge in [0.1, 0.15) is 24.1 Å². The lowest BCUT2D eigenvalue weighted by atomic mass is 9.93. The van der Waals surface area contributed by atoms with Crippen LogP contribution in [-0.4, -0.2) is 24.3 Å². The number of nitrogens with zero attached hydrogens (tertiary/aromatic N) is 3. The Labute approximate surface area is 267 Å². The molecule has 0 radical (unpaired) electrons. The molecule has 1 aliphatic rings. The summed E-state index contributed by atoms with van der Waals surface area (Å²) in [5.41, 5.74) is 3.50. The molecule has 44 heavy (non-hydrogen) atoms. The van der Waals surface area contributed by atoms with E-state index in [0.29, 0.717) is 54.1 Å². The Morgan fingerprint density at radius 1 is 1.11 bits per heavy atom. The molecule has 1 atom stereocenters. The average molecular weight is 673 g/mol. The first-order chi connectivity index (χ1) is 21.4. The number of fused-ring (bicyclic) bond motifs is 1. The van der Waals surface area contributed by atoms with E-state index in [0.717, 1.165) is 17.5 Å². The van der Waals surface area contributed by atoms with Crippen molar-refractivity contribution >= 4 is 39.3 Å². The zero-order valence-corrected chi connectivity index (χ0v) is 26.9. The second kappa shape index (κ2) is 13.9. The molecule has 3 aromatic carbocycles. The number of rotatable bonds is 10. The van der Waals surface area contributed by atoms with Crippen molar-refractivity contribution < 1.29 is 19.0 Å². The van der Waals surface area contributed by atoms with E-state index in [1.807, 2.05) is 67.6 Å². The largest absolute Gasteiger partial charge is 0.496 e. The van der Waals surface area contributed by atoms with E-state index in [1.165, 1.54) is 11.3 Å². The Hall–Kier alpha value is -4.46. The van der Waals surface area contributed by atoms with Crippen molar-refractivity contribution in [2.45, 2.75) is 39.3 Å². The summed E-state index contributed by atoms with van der Waals surface area (Å²) >= 11 is 4.86. The van der Waals surface area contributed by atoms with Crippen molar-refractivity contribution in [3.8, 4) is 17.6 Å². The summed E-state index contributed by atoms with van der Waals surface area (Å²) in [5, 5.41) is 9.36. The Morgan fingerprint density at radius 2 is 1.89 bits per heavy atom. The van der Waals surface area contributed by atoms with E-state index < -0.39 is 12.0 Å². The highest BCUT2D eigenvalue weighted by atomic mass is 79.9. The first kappa shape index (κ1) is 31.0. The molecule has 8 nitrogen and oxygen atoms in total. The Kier molecular flexibility index (Phi) is 9.78. The zero-order valence-electron chi connectivity index (χ0n) is 24.5. The average Bonchev–Trinajstić information content (AvgIpc) is 3.34. The second-order valence-corrected chi connectivity index (χ2v) is 11.8. The number of halogens is 1. The molecule has 0 unspecified atom stereocenters. The third-order valence-corrected chi connectivity index (χ3v) is 8.70. The van der Waals surface area contributed by atoms with Crippen LogP contribution in [0.1, 0.15) is 55.0 Å². The predicted molar refractivity (Wildman–Crippen MR) is 172 cm³/mol. The molecular weight excluding hydrogens is 642 g/mol. The zero-order chi connectivity index (χ0) is 31.2. The number of carbonyl (C=O) groups excluding carboxylic acids is 1. The monoisotopic (exact) mass is 671 g/mol. The lowest BCUT2D eigenvalue weighted by molar-refractivity contribution is -0.139. The van der Waals surface area contributed by atoms with E-state index in [2.05, 4.69) is 22.0 Å². The number of methoxy groups -OCH3 is 1. The van der Waals surface area contributed by atoms with Gasteiger partial charge in [0.05, 0.1) is 45.6 Å². The van der Waals surface area contributed by atoms with Crippen molar-refractivity contribution in [2.24, 2.45) is 4.99 Å². The number of carbonyl (C=O) groups is 1. The van der Waals surface area contributed by atoms with Crippen LogP contribution in [0.4, 0.5) is 0 Å². The number of hydrogen-bond acceptors (Lipinski definition) is 8. The van der Waals surface area contributed by atoms with Gasteiger partial charge in [-0.05, 0) is 65.2 Å². The van der Waals surface area contributed by atoms with Crippen LogP contribution >= 0.6 is 27.3 Å². The van der Waals surface area contributed by atoms with Gasteiger partial charge in [-0.1, -0.05) is 67.1 Å². The van der Waals surface area contributed by atoms with Crippen molar-refractivity contribution in [3.63, 3.8) is 0 Å². The fraction of sp³-hybridized carbons (Fsp3) is 0.235. The number of esters is 1. The van der Waals surface area contributed by atoms with Crippen molar-refractivity contribution in [1.29, 1.82) is 5.26 Å². The highest BCUT2D eigenvalue weighted by molar-refractivity contribution is 9.10. The molecular formula is C34H30BrN3O5S. The van der Waals surface area contributed by atoms with Crippen LogP contribution in [-0.2, 0) is 16.1 Å². The lowest BCUT2D eigenvalue weighted by Gasteiger charge is -2.26. The number of para-hydroxylation sites is 1. The topological polar surface area (TPSA) is 103 Å². The number of nitriles is 1. The smallest absolute Gasteiger partial charge is 0.338 e. The first-order valence-electron chi connectivity index (χ1n) is 14.1. The summed E-state index contributed by atoms with van der Waals surface area (Å²) < 4.78 is 19.9. The van der Waals surface area contributed by atoms with Gasteiger partial charge in [-0.2, -0.15) is 5.26 Å². The number of hydrogen-bond donors (Lipinski definition) is 0. The molecule has 0 saturated carbocycles. The highest BCUT2D eigenvalue weighted by Gasteiger charge is 2.35. The fourth-order valence-corrected chi connectivity index (χ4v) is 6.62. The molecule has 4 aromatic rings. The minimum absolute atomic E-state index is 0.199. The molecule has 0 N–H and O–H groups in total. The molecule has 10 heteroatoms. The molecule has 224 valence electrons. The fourth-order valence-electron chi connectivity index (χ4n) is 5.09. The minimum atomic E-state index is -0.760. The molecule has 2 heterocycles. The van der Waals surface area contributed by atoms with Crippen LogP contribution in [0.15, 0.2) is 92.3 Å². The number of ether oxygens (including phenoxy) is 3. The van der Waals surface area contributed by atoms with Crippen LogP contribution < -0.4 is 24.4 Å². The molecule has 0 bridgehead atoms. The van der Waals surface area contributed by atoms with Gasteiger partial charge in [0.15, 0.2) is 4.80 Å². The number of thiazole rings is 1. The maximum absolute atomic E-state index is 14.1. The molecule has 0 spiro atoms. The van der Waals surface area contributed by atoms with E-state index in [1.54, 1.807) is 30.7 Å². The van der Waals surface area contributed by atoms with Gasteiger partial charge in [-0.3, -0.25) is 9.36 Å². The van der Waals surface area contributed by atoms with Gasteiger partial charge >= 0.3 is 5.97 Å². The number of benzene rings is 3. The standard InChI is InChI=1S/C34H30BrN3O5S/c1-4-10-26-30(33(40)42-5-2)31(24-13-8-9-14-27(24)41-3)38-32(39)29(44-34(38)37-26)18-21-15-16-28(25(35)17-21)43-20-23-12-7-6-11-22(23)19-36/h6-9,11-18,31H,4-5,10,20H2,1-3H3/b29-18+/t31-/m0/s1. The minimum Gasteiger partial charge on any atom is -0.496 e. The van der Waals surface area contributed by atoms with Gasteiger partial charge in [0.2, 0.25) is 0 Å². The molecule has 1 aromatic heterocycles. The number of aromatic nitrogens is 1. The van der Waals surface area contributed by atoms with Crippen LogP contribution in [0, 0.1) is 11.3 Å². The normalized spacial score (nSPS) is 14.4. The summed E-state index contributed by atoms with van der Waals surface area (Å²) in [7, 11) is 1.57. The van der Waals surface area contributed by atoms with Gasteiger partial charge in [-0.25, -0.2) is 9.79 Å². The van der Waals surface area contributed by atoms with Gasteiger partial charge in [0.25, 0.3) is 5.56 Å². The second-order valence-electron chi connectivity index (χ2n) is 9.90. The van der Waals surface area contributed by atoms with Gasteiger partial charge in [0, 0.05) is 11.1 Å². The van der Waals surface area contributed by atoms with Crippen LogP contribution in [0.3, 0.4) is 0 Å². The molecule has 5 rings (SSSR count). The maximum Gasteiger partial charge on any atom is 0.338 e. The summed E-state index contributed by atoms with van der Waals surface area (Å²) in [6.07, 6.45) is 3.12. The summed E-state index contributed by atoms with van der Waals surface area (Å²) in [6, 6.07) is 21.6. The SMILES string of the molecule is CCCC1=C(C(=O)OCC)[C@H](c2ccccc2OC)n2c(s/c(=C/c3ccc(OCc4ccccc4C#N)c(Br)c3)c2=O)=N1. The lowest BCUT2D eigenvalue weighted by Crippen LogP contribution is -2.40. The van der Waals surface area contributed by atoms with E-state index in [-0.39, 0.29) is 18.8 Å². The maximum atomic E-state index is 14.1. The predicted octanol–water partition coefficient (Wildman–Crippen LogP) is 5.80. The summed E-state index contributed by atoms with van der Waals surface area (Å²) in [4.78, 5) is 32.8. The molecule has 0 fully saturated rings.